The van der Waals surface area contributed by atoms with Crippen LogP contribution in [-0.2, 0) is 19.1 Å². The molecule has 0 aromatic heterocycles. The van der Waals surface area contributed by atoms with Gasteiger partial charge in [0, 0.05) is 10.9 Å². The maximum absolute atomic E-state index is 12.0. The number of carbonyl (C=O) groups is 3. The van der Waals surface area contributed by atoms with Crippen LogP contribution in [0.4, 0.5) is 5.69 Å². The van der Waals surface area contributed by atoms with Crippen LogP contribution in [0.25, 0.3) is 0 Å². The molecular weight excluding hydrogens is 304 g/mol. The van der Waals surface area contributed by atoms with E-state index in [0.717, 1.165) is 23.4 Å². The molecule has 6 nitrogen and oxygen atoms in total. The Balaban J connectivity index is 1.49. The van der Waals surface area contributed by atoms with Crippen molar-refractivity contribution < 1.29 is 19.1 Å². The summed E-state index contributed by atoms with van der Waals surface area (Å²) in [5.41, 5.74) is 0.755. The molecule has 3 rings (SSSR count). The zero-order valence-electron chi connectivity index (χ0n) is 11.8. The van der Waals surface area contributed by atoms with Crippen LogP contribution in [0.2, 0.25) is 0 Å². The molecule has 2 N–H and O–H groups in total. The molecule has 1 saturated carbocycles. The number of thioether (sulfide) groups is 1. The summed E-state index contributed by atoms with van der Waals surface area (Å²) < 4.78 is 4.93. The van der Waals surface area contributed by atoms with Crippen LogP contribution in [0.15, 0.2) is 29.2 Å². The first-order valence-corrected chi connectivity index (χ1v) is 8.01. The Morgan fingerprint density at radius 1 is 1.32 bits per heavy atom. The van der Waals surface area contributed by atoms with Crippen molar-refractivity contribution in [2.45, 2.75) is 35.4 Å². The van der Waals surface area contributed by atoms with E-state index in [0.29, 0.717) is 0 Å². The second-order valence-corrected chi connectivity index (χ2v) is 6.54. The smallest absolute Gasteiger partial charge is 0.307 e. The number of hydrogen-bond acceptors (Lipinski definition) is 5. The minimum absolute atomic E-state index is 0.0540. The first-order valence-electron chi connectivity index (χ1n) is 7.13. The van der Waals surface area contributed by atoms with Gasteiger partial charge in [-0.15, -0.1) is 11.8 Å². The highest BCUT2D eigenvalue weighted by Gasteiger charge is 2.30. The van der Waals surface area contributed by atoms with E-state index >= 15 is 0 Å². The molecule has 0 bridgehead atoms. The standard InChI is InChI=1S/C15H16N2O4S/c18-13(16-9-5-6-9)8-21-14(19)7-12-15(20)17-10-3-1-2-4-11(10)22-12/h1-4,9,12H,5-8H2,(H,16,18)(H,17,20)/t12-/m0/s1. The Morgan fingerprint density at radius 3 is 2.86 bits per heavy atom. The van der Waals surface area contributed by atoms with Crippen LogP contribution in [-0.4, -0.2) is 35.7 Å². The van der Waals surface area contributed by atoms with E-state index in [-0.39, 0.29) is 30.9 Å². The van der Waals surface area contributed by atoms with Gasteiger partial charge in [-0.3, -0.25) is 14.4 Å². The van der Waals surface area contributed by atoms with Crippen LogP contribution in [0, 0.1) is 0 Å². The van der Waals surface area contributed by atoms with E-state index in [1.165, 1.54) is 11.8 Å². The van der Waals surface area contributed by atoms with Crippen molar-refractivity contribution in [3.8, 4) is 0 Å². The number of amides is 2. The maximum atomic E-state index is 12.0. The fourth-order valence-electron chi connectivity index (χ4n) is 2.08. The van der Waals surface area contributed by atoms with E-state index in [4.69, 9.17) is 4.74 Å². The summed E-state index contributed by atoms with van der Waals surface area (Å²) in [5.74, 6) is -1.05. The maximum Gasteiger partial charge on any atom is 0.307 e. The molecule has 1 aliphatic carbocycles. The summed E-state index contributed by atoms with van der Waals surface area (Å²) in [4.78, 5) is 36.1. The SMILES string of the molecule is O=C(COC(=O)C[C@@H]1Sc2ccccc2NC1=O)NC1CC1. The predicted molar refractivity (Wildman–Crippen MR) is 81.5 cm³/mol. The molecule has 1 atom stereocenters. The molecule has 0 spiro atoms. The zero-order chi connectivity index (χ0) is 15.5. The summed E-state index contributed by atoms with van der Waals surface area (Å²) in [6, 6.07) is 7.66. The lowest BCUT2D eigenvalue weighted by Crippen LogP contribution is -2.33. The van der Waals surface area contributed by atoms with Gasteiger partial charge in [0.2, 0.25) is 5.91 Å². The molecule has 2 amide bonds. The Morgan fingerprint density at radius 2 is 2.09 bits per heavy atom. The normalized spacial score (nSPS) is 19.8. The van der Waals surface area contributed by atoms with Gasteiger partial charge in [-0.05, 0) is 25.0 Å². The van der Waals surface area contributed by atoms with Crippen molar-refractivity contribution in [2.75, 3.05) is 11.9 Å². The average Bonchev–Trinajstić information content (AvgIpc) is 3.30. The Kier molecular flexibility index (Phi) is 4.33. The summed E-state index contributed by atoms with van der Waals surface area (Å²) >= 11 is 1.33. The van der Waals surface area contributed by atoms with E-state index in [1.807, 2.05) is 24.3 Å². The average molecular weight is 320 g/mol. The molecule has 1 fully saturated rings. The van der Waals surface area contributed by atoms with Crippen molar-refractivity contribution in [1.29, 1.82) is 0 Å². The number of esters is 1. The molecule has 2 aliphatic rings. The number of nitrogens with one attached hydrogen (secondary N) is 2. The third-order valence-corrected chi connectivity index (χ3v) is 4.64. The Hall–Kier alpha value is -2.02. The highest BCUT2D eigenvalue weighted by molar-refractivity contribution is 8.01. The summed E-state index contributed by atoms with van der Waals surface area (Å²) in [5, 5.41) is 4.97. The van der Waals surface area contributed by atoms with E-state index in [9.17, 15) is 14.4 Å². The molecular formula is C15H16N2O4S. The Bertz CT molecular complexity index is 615. The lowest BCUT2D eigenvalue weighted by atomic mass is 10.2. The van der Waals surface area contributed by atoms with Crippen LogP contribution >= 0.6 is 11.8 Å². The van der Waals surface area contributed by atoms with Gasteiger partial charge in [0.05, 0.1) is 17.4 Å². The second-order valence-electron chi connectivity index (χ2n) is 5.30. The summed E-state index contributed by atoms with van der Waals surface area (Å²) in [7, 11) is 0. The van der Waals surface area contributed by atoms with Gasteiger partial charge in [-0.2, -0.15) is 0 Å². The Labute approximate surface area is 132 Å². The molecule has 0 unspecified atom stereocenters. The number of benzene rings is 1. The van der Waals surface area contributed by atoms with Crippen molar-refractivity contribution in [2.24, 2.45) is 0 Å². The van der Waals surface area contributed by atoms with Crippen molar-refractivity contribution in [3.63, 3.8) is 0 Å². The molecule has 1 aromatic rings. The van der Waals surface area contributed by atoms with Gasteiger partial charge in [-0.25, -0.2) is 0 Å². The molecule has 1 aromatic carbocycles. The minimum Gasteiger partial charge on any atom is -0.456 e. The number of anilines is 1. The van der Waals surface area contributed by atoms with E-state index in [1.54, 1.807) is 0 Å². The predicted octanol–water partition coefficient (Wildman–Crippen LogP) is 1.31. The fraction of sp³-hybridized carbons (Fsp3) is 0.400. The number of ether oxygens (including phenoxy) is 1. The lowest BCUT2D eigenvalue weighted by molar-refractivity contribution is -0.149. The zero-order valence-corrected chi connectivity index (χ0v) is 12.7. The van der Waals surface area contributed by atoms with Gasteiger partial charge in [0.1, 0.15) is 0 Å². The molecule has 116 valence electrons. The highest BCUT2D eigenvalue weighted by Crippen LogP contribution is 2.36. The fourth-order valence-corrected chi connectivity index (χ4v) is 3.18. The van der Waals surface area contributed by atoms with Gasteiger partial charge in [0.25, 0.3) is 5.91 Å². The molecule has 0 saturated heterocycles. The van der Waals surface area contributed by atoms with Crippen molar-refractivity contribution in [1.82, 2.24) is 5.32 Å². The lowest BCUT2D eigenvalue weighted by Gasteiger charge is -2.23. The number of para-hydroxylation sites is 1. The van der Waals surface area contributed by atoms with Crippen LogP contribution in [0.5, 0.6) is 0 Å². The topological polar surface area (TPSA) is 84.5 Å². The minimum atomic E-state index is -0.544. The van der Waals surface area contributed by atoms with Crippen LogP contribution in [0.1, 0.15) is 19.3 Å². The van der Waals surface area contributed by atoms with Gasteiger partial charge >= 0.3 is 5.97 Å². The molecule has 1 heterocycles. The van der Waals surface area contributed by atoms with Crippen molar-refractivity contribution in [3.05, 3.63) is 24.3 Å². The monoisotopic (exact) mass is 320 g/mol. The highest BCUT2D eigenvalue weighted by atomic mass is 32.2. The van der Waals surface area contributed by atoms with Crippen LogP contribution < -0.4 is 10.6 Å². The molecule has 22 heavy (non-hydrogen) atoms. The van der Waals surface area contributed by atoms with Gasteiger partial charge < -0.3 is 15.4 Å². The van der Waals surface area contributed by atoms with Gasteiger partial charge in [0.15, 0.2) is 6.61 Å². The number of fused-ring (bicyclic) bond motifs is 1. The van der Waals surface area contributed by atoms with E-state index < -0.39 is 11.2 Å². The number of hydrogen-bond donors (Lipinski definition) is 2. The summed E-state index contributed by atoms with van der Waals surface area (Å²) in [6.07, 6.45) is 1.91. The van der Waals surface area contributed by atoms with Gasteiger partial charge in [-0.1, -0.05) is 12.1 Å². The number of rotatable bonds is 5. The number of carbonyl (C=O) groups excluding carboxylic acids is 3. The van der Waals surface area contributed by atoms with Crippen molar-refractivity contribution >= 4 is 35.2 Å². The largest absolute Gasteiger partial charge is 0.456 e. The third-order valence-electron chi connectivity index (χ3n) is 3.37. The first kappa shape index (κ1) is 14.9. The first-order chi connectivity index (χ1) is 10.6. The summed E-state index contributed by atoms with van der Waals surface area (Å²) in [6.45, 7) is -0.287. The van der Waals surface area contributed by atoms with E-state index in [2.05, 4.69) is 10.6 Å². The molecule has 1 aliphatic heterocycles. The molecule has 0 radical (unpaired) electrons. The quantitative estimate of drug-likeness (QED) is 0.799. The second kappa shape index (κ2) is 6.39. The third kappa shape index (κ3) is 3.79. The van der Waals surface area contributed by atoms with Crippen LogP contribution in [0.3, 0.4) is 0 Å². The molecule has 7 heteroatoms.